The van der Waals surface area contributed by atoms with Crippen LogP contribution in [0.5, 0.6) is 11.5 Å². The summed E-state index contributed by atoms with van der Waals surface area (Å²) in [5, 5.41) is 3.43. The molecule has 0 spiro atoms. The van der Waals surface area contributed by atoms with E-state index in [0.717, 1.165) is 87.8 Å². The summed E-state index contributed by atoms with van der Waals surface area (Å²) in [7, 11) is 1.76. The van der Waals surface area contributed by atoms with Crippen LogP contribution in [0.15, 0.2) is 30.3 Å². The van der Waals surface area contributed by atoms with E-state index in [2.05, 4.69) is 47.5 Å². The van der Waals surface area contributed by atoms with E-state index in [0.29, 0.717) is 18.2 Å². The van der Waals surface area contributed by atoms with Gasteiger partial charge in [0, 0.05) is 55.2 Å². The van der Waals surface area contributed by atoms with E-state index in [4.69, 9.17) is 19.2 Å². The van der Waals surface area contributed by atoms with E-state index >= 15 is 0 Å². The summed E-state index contributed by atoms with van der Waals surface area (Å²) in [6.45, 7) is 6.18. The van der Waals surface area contributed by atoms with E-state index in [1.807, 2.05) is 0 Å². The van der Waals surface area contributed by atoms with Gasteiger partial charge in [-0.2, -0.15) is 0 Å². The minimum atomic E-state index is 0.324. The van der Waals surface area contributed by atoms with Crippen molar-refractivity contribution in [3.05, 3.63) is 47.2 Å². The van der Waals surface area contributed by atoms with Crippen molar-refractivity contribution in [3.8, 4) is 11.5 Å². The molecule has 3 heterocycles. The summed E-state index contributed by atoms with van der Waals surface area (Å²) in [4.78, 5) is 7.37. The molecule has 1 aromatic carbocycles. The smallest absolute Gasteiger partial charge is 0.133 e. The average Bonchev–Trinajstić information content (AvgIpc) is 3.56. The molecular formula is C28H39N3O3. The highest BCUT2D eigenvalue weighted by Gasteiger charge is 2.30. The van der Waals surface area contributed by atoms with Gasteiger partial charge in [0.2, 0.25) is 0 Å². The van der Waals surface area contributed by atoms with Crippen LogP contribution in [-0.4, -0.2) is 55.4 Å². The molecule has 0 bridgehead atoms. The monoisotopic (exact) mass is 465 g/mol. The van der Waals surface area contributed by atoms with Gasteiger partial charge in [-0.3, -0.25) is 4.90 Å². The first-order valence-electron chi connectivity index (χ1n) is 13.1. The van der Waals surface area contributed by atoms with E-state index in [9.17, 15) is 0 Å². The Kier molecular flexibility index (Phi) is 7.55. The Bertz CT molecular complexity index is 945. The number of hydrogen-bond acceptors (Lipinski definition) is 6. The molecule has 0 radical (unpaired) electrons. The van der Waals surface area contributed by atoms with Gasteiger partial charge in [0.25, 0.3) is 0 Å². The van der Waals surface area contributed by atoms with Gasteiger partial charge >= 0.3 is 0 Å². The van der Waals surface area contributed by atoms with Gasteiger partial charge in [0.1, 0.15) is 17.3 Å². The van der Waals surface area contributed by atoms with Crippen molar-refractivity contribution >= 4 is 5.82 Å². The summed E-state index contributed by atoms with van der Waals surface area (Å²) in [5.41, 5.74) is 3.64. The fraction of sp³-hybridized carbons (Fsp3) is 0.607. The van der Waals surface area contributed by atoms with E-state index < -0.39 is 0 Å². The van der Waals surface area contributed by atoms with Gasteiger partial charge in [0.05, 0.1) is 19.3 Å². The number of unbranched alkanes of at least 4 members (excludes halogenated alkanes) is 1. The fourth-order valence-electron chi connectivity index (χ4n) is 5.16. The second-order valence-corrected chi connectivity index (χ2v) is 9.94. The maximum Gasteiger partial charge on any atom is 0.133 e. The van der Waals surface area contributed by atoms with Gasteiger partial charge in [-0.05, 0) is 64.4 Å². The molecule has 1 aromatic heterocycles. The Labute approximate surface area is 204 Å². The summed E-state index contributed by atoms with van der Waals surface area (Å²) < 4.78 is 18.1. The minimum Gasteiger partial charge on any atom is -0.496 e. The highest BCUT2D eigenvalue weighted by Crippen LogP contribution is 2.35. The van der Waals surface area contributed by atoms with Crippen LogP contribution >= 0.6 is 0 Å². The molecule has 2 fully saturated rings. The lowest BCUT2D eigenvalue weighted by Gasteiger charge is -2.26. The summed E-state index contributed by atoms with van der Waals surface area (Å²) in [5.74, 6) is 3.05. The minimum absolute atomic E-state index is 0.324. The van der Waals surface area contributed by atoms with E-state index in [1.165, 1.54) is 24.0 Å². The van der Waals surface area contributed by atoms with Crippen LogP contribution in [0, 0.1) is 0 Å². The first kappa shape index (κ1) is 23.4. The zero-order chi connectivity index (χ0) is 23.3. The van der Waals surface area contributed by atoms with Crippen molar-refractivity contribution in [2.75, 3.05) is 38.7 Å². The van der Waals surface area contributed by atoms with Crippen molar-refractivity contribution in [2.24, 2.45) is 0 Å². The Morgan fingerprint density at radius 3 is 2.85 bits per heavy atom. The highest BCUT2D eigenvalue weighted by molar-refractivity contribution is 5.54. The quantitative estimate of drug-likeness (QED) is 0.463. The lowest BCUT2D eigenvalue weighted by Crippen LogP contribution is -2.27. The fourth-order valence-corrected chi connectivity index (χ4v) is 5.16. The molecule has 0 amide bonds. The molecule has 184 valence electrons. The van der Waals surface area contributed by atoms with E-state index in [1.54, 1.807) is 7.11 Å². The molecule has 1 saturated heterocycles. The Balaban J connectivity index is 1.05. The molecule has 2 aliphatic heterocycles. The molecule has 34 heavy (non-hydrogen) atoms. The van der Waals surface area contributed by atoms with Crippen LogP contribution < -0.4 is 14.8 Å². The molecule has 1 aliphatic carbocycles. The number of aryl methyl sites for hydroxylation is 1. The van der Waals surface area contributed by atoms with Gasteiger partial charge in [0.15, 0.2) is 0 Å². The lowest BCUT2D eigenvalue weighted by molar-refractivity contribution is 0.0533. The molecule has 2 atom stereocenters. The first-order chi connectivity index (χ1) is 16.7. The van der Waals surface area contributed by atoms with Crippen molar-refractivity contribution in [2.45, 2.75) is 76.5 Å². The zero-order valence-corrected chi connectivity index (χ0v) is 20.7. The molecule has 3 aliphatic rings. The Morgan fingerprint density at radius 2 is 2.00 bits per heavy atom. The number of fused-ring (bicyclic) bond motifs is 1. The maximum atomic E-state index is 6.27. The molecule has 2 unspecified atom stereocenters. The topological polar surface area (TPSA) is 55.9 Å². The third-order valence-corrected chi connectivity index (χ3v) is 7.34. The molecule has 6 heteroatoms. The van der Waals surface area contributed by atoms with Crippen LogP contribution in [0.25, 0.3) is 0 Å². The number of methoxy groups -OCH3 is 1. The third-order valence-electron chi connectivity index (χ3n) is 7.34. The van der Waals surface area contributed by atoms with Crippen LogP contribution in [-0.2, 0) is 17.6 Å². The normalized spacial score (nSPS) is 21.1. The third kappa shape index (κ3) is 5.66. The summed E-state index contributed by atoms with van der Waals surface area (Å²) in [6.07, 6.45) is 9.51. The Hall–Kier alpha value is -2.31. The largest absolute Gasteiger partial charge is 0.496 e. The second kappa shape index (κ2) is 11.0. The molecular weight excluding hydrogens is 426 g/mol. The number of rotatable bonds is 11. The van der Waals surface area contributed by atoms with Crippen molar-refractivity contribution in [3.63, 3.8) is 0 Å². The average molecular weight is 466 g/mol. The standard InChI is InChI=1S/C28H39N3O3/c1-20(24-9-3-4-11-26(24)34-22-12-13-22)31-16-14-23(19-31)33-17-6-5-8-21-18-27(32-2)25-10-7-15-29-28(25)30-21/h3-4,9,11,18,20,22-23H,5-8,10,12-17,19H2,1-2H3,(H,29,30). The van der Waals surface area contributed by atoms with Crippen LogP contribution in [0.1, 0.15) is 68.3 Å². The molecule has 5 rings (SSSR count). The van der Waals surface area contributed by atoms with Gasteiger partial charge in [-0.25, -0.2) is 4.98 Å². The maximum absolute atomic E-state index is 6.27. The number of aromatic nitrogens is 1. The number of nitrogens with one attached hydrogen (secondary N) is 1. The Morgan fingerprint density at radius 1 is 1.12 bits per heavy atom. The SMILES string of the molecule is COc1cc(CCCCOC2CCN(C(C)c3ccccc3OC3CC3)C2)nc2c1CCCN2. The highest BCUT2D eigenvalue weighted by atomic mass is 16.5. The lowest BCUT2D eigenvalue weighted by atomic mass is 10.0. The van der Waals surface area contributed by atoms with Crippen molar-refractivity contribution in [1.29, 1.82) is 0 Å². The molecule has 2 aromatic rings. The zero-order valence-electron chi connectivity index (χ0n) is 20.7. The van der Waals surface area contributed by atoms with Crippen molar-refractivity contribution < 1.29 is 14.2 Å². The predicted molar refractivity (Wildman–Crippen MR) is 135 cm³/mol. The van der Waals surface area contributed by atoms with Gasteiger partial charge < -0.3 is 19.5 Å². The molecule has 1 saturated carbocycles. The number of anilines is 1. The van der Waals surface area contributed by atoms with Crippen LogP contribution in [0.3, 0.4) is 0 Å². The number of para-hydroxylation sites is 1. The second-order valence-electron chi connectivity index (χ2n) is 9.94. The van der Waals surface area contributed by atoms with Crippen LogP contribution in [0.2, 0.25) is 0 Å². The predicted octanol–water partition coefficient (Wildman–Crippen LogP) is 5.16. The van der Waals surface area contributed by atoms with E-state index in [-0.39, 0.29) is 0 Å². The number of hydrogen-bond donors (Lipinski definition) is 1. The number of benzene rings is 1. The molecule has 6 nitrogen and oxygen atoms in total. The number of pyridine rings is 1. The first-order valence-corrected chi connectivity index (χ1v) is 13.1. The summed E-state index contributed by atoms with van der Waals surface area (Å²) in [6, 6.07) is 11.0. The number of ether oxygens (including phenoxy) is 3. The molecule has 1 N–H and O–H groups in total. The summed E-state index contributed by atoms with van der Waals surface area (Å²) >= 11 is 0. The van der Waals surface area contributed by atoms with Gasteiger partial charge in [-0.1, -0.05) is 18.2 Å². The van der Waals surface area contributed by atoms with Crippen molar-refractivity contribution in [1.82, 2.24) is 9.88 Å². The number of likely N-dealkylation sites (tertiary alicyclic amines) is 1. The van der Waals surface area contributed by atoms with Crippen LogP contribution in [0.4, 0.5) is 5.82 Å². The van der Waals surface area contributed by atoms with Gasteiger partial charge in [-0.15, -0.1) is 0 Å². The number of nitrogens with zero attached hydrogens (tertiary/aromatic N) is 2.